The summed E-state index contributed by atoms with van der Waals surface area (Å²) >= 11 is 0. The Labute approximate surface area is 91.4 Å². The Morgan fingerprint density at radius 3 is 2.40 bits per heavy atom. The monoisotopic (exact) mass is 227 g/mol. The van der Waals surface area contributed by atoms with E-state index < -0.39 is 9.84 Å². The summed E-state index contributed by atoms with van der Waals surface area (Å²) in [6.07, 6.45) is 0.688. The van der Waals surface area contributed by atoms with Crippen LogP contribution in [-0.4, -0.2) is 26.5 Å². The average molecular weight is 227 g/mol. The molecule has 0 saturated heterocycles. The van der Waals surface area contributed by atoms with Crippen LogP contribution in [0.5, 0.6) is 0 Å². The first-order valence-electron chi connectivity index (χ1n) is 5.13. The fourth-order valence-corrected chi connectivity index (χ4v) is 2.56. The van der Waals surface area contributed by atoms with Crippen molar-refractivity contribution in [1.82, 2.24) is 0 Å². The topological polar surface area (TPSA) is 46.2 Å². The molecule has 0 bridgehead atoms. The Balaban J connectivity index is 2.34. The van der Waals surface area contributed by atoms with E-state index >= 15 is 0 Å². The molecule has 0 saturated carbocycles. The fourth-order valence-electron chi connectivity index (χ4n) is 1.32. The summed E-state index contributed by atoms with van der Waals surface area (Å²) in [5.41, 5.74) is 0.962. The number of para-hydroxylation sites is 1. The highest BCUT2D eigenvalue weighted by Crippen LogP contribution is 2.04. The van der Waals surface area contributed by atoms with E-state index in [1.54, 1.807) is 0 Å². The van der Waals surface area contributed by atoms with Crippen molar-refractivity contribution in [3.05, 3.63) is 30.3 Å². The number of hydrogen-bond acceptors (Lipinski definition) is 3. The third-order valence-corrected chi connectivity index (χ3v) is 3.89. The molecule has 0 aliphatic rings. The van der Waals surface area contributed by atoms with Gasteiger partial charge in [0.25, 0.3) is 0 Å². The van der Waals surface area contributed by atoms with Gasteiger partial charge in [-0.2, -0.15) is 0 Å². The molecular weight excluding hydrogens is 210 g/mol. The third-order valence-electron chi connectivity index (χ3n) is 2.03. The van der Waals surface area contributed by atoms with E-state index in [1.165, 1.54) is 0 Å². The van der Waals surface area contributed by atoms with Crippen LogP contribution in [-0.2, 0) is 9.84 Å². The average Bonchev–Trinajstić information content (AvgIpc) is 2.19. The zero-order valence-corrected chi connectivity index (χ0v) is 9.76. The molecule has 0 aliphatic heterocycles. The van der Waals surface area contributed by atoms with Crippen LogP contribution in [0.15, 0.2) is 30.3 Å². The van der Waals surface area contributed by atoms with Gasteiger partial charge < -0.3 is 5.32 Å². The van der Waals surface area contributed by atoms with Crippen molar-refractivity contribution >= 4 is 15.5 Å². The molecule has 1 aromatic rings. The lowest BCUT2D eigenvalue weighted by Crippen LogP contribution is -2.18. The summed E-state index contributed by atoms with van der Waals surface area (Å²) in [6.45, 7) is 2.36. The second kappa shape index (κ2) is 5.75. The molecule has 0 fully saturated rings. The van der Waals surface area contributed by atoms with Crippen molar-refractivity contribution in [3.8, 4) is 0 Å². The molecule has 0 radical (unpaired) electrons. The molecule has 15 heavy (non-hydrogen) atoms. The number of benzene rings is 1. The molecule has 0 unspecified atom stereocenters. The smallest absolute Gasteiger partial charge is 0.152 e. The molecule has 0 atom stereocenters. The van der Waals surface area contributed by atoms with Gasteiger partial charge in [-0.25, -0.2) is 8.42 Å². The number of nitrogens with one attached hydrogen (secondary N) is 1. The van der Waals surface area contributed by atoms with Gasteiger partial charge in [0.05, 0.1) is 5.75 Å². The summed E-state index contributed by atoms with van der Waals surface area (Å²) in [7, 11) is -2.86. The van der Waals surface area contributed by atoms with Crippen LogP contribution in [0.2, 0.25) is 0 Å². The lowest BCUT2D eigenvalue weighted by molar-refractivity contribution is 0.595. The SMILES string of the molecule is CCCS(=O)(=O)CCNc1ccccc1. The van der Waals surface area contributed by atoms with Crippen LogP contribution in [0.25, 0.3) is 0 Å². The molecule has 84 valence electrons. The van der Waals surface area contributed by atoms with E-state index in [0.717, 1.165) is 5.69 Å². The van der Waals surface area contributed by atoms with Gasteiger partial charge >= 0.3 is 0 Å². The van der Waals surface area contributed by atoms with Gasteiger partial charge in [-0.15, -0.1) is 0 Å². The molecule has 1 rings (SSSR count). The predicted octanol–water partition coefficient (Wildman–Crippen LogP) is 1.92. The summed E-state index contributed by atoms with van der Waals surface area (Å²) in [6, 6.07) is 9.61. The van der Waals surface area contributed by atoms with E-state index in [1.807, 2.05) is 37.3 Å². The second-order valence-corrected chi connectivity index (χ2v) is 5.75. The highest BCUT2D eigenvalue weighted by atomic mass is 32.2. The molecule has 1 aromatic carbocycles. The normalized spacial score (nSPS) is 11.3. The number of anilines is 1. The molecule has 0 aliphatic carbocycles. The number of sulfone groups is 1. The number of hydrogen-bond donors (Lipinski definition) is 1. The third kappa shape index (κ3) is 4.83. The molecule has 0 heterocycles. The van der Waals surface area contributed by atoms with Gasteiger partial charge in [-0.3, -0.25) is 0 Å². The fraction of sp³-hybridized carbons (Fsp3) is 0.455. The predicted molar refractivity (Wildman–Crippen MR) is 63.9 cm³/mol. The van der Waals surface area contributed by atoms with Crippen molar-refractivity contribution in [2.24, 2.45) is 0 Å². The first-order chi connectivity index (χ1) is 7.14. The standard InChI is InChI=1S/C11H17NO2S/c1-2-9-15(13,14)10-8-12-11-6-4-3-5-7-11/h3-7,12H,2,8-10H2,1H3. The van der Waals surface area contributed by atoms with Crippen LogP contribution < -0.4 is 5.32 Å². The molecule has 0 spiro atoms. The molecule has 0 aromatic heterocycles. The highest BCUT2D eigenvalue weighted by Gasteiger charge is 2.07. The lowest BCUT2D eigenvalue weighted by atomic mass is 10.3. The van der Waals surface area contributed by atoms with Crippen LogP contribution >= 0.6 is 0 Å². The van der Waals surface area contributed by atoms with Gasteiger partial charge in [0.15, 0.2) is 9.84 Å². The van der Waals surface area contributed by atoms with Gasteiger partial charge in [0.2, 0.25) is 0 Å². The zero-order chi connectivity index (χ0) is 11.1. The molecule has 3 nitrogen and oxygen atoms in total. The minimum Gasteiger partial charge on any atom is -0.384 e. The Hall–Kier alpha value is -1.03. The largest absolute Gasteiger partial charge is 0.384 e. The first-order valence-corrected chi connectivity index (χ1v) is 6.95. The van der Waals surface area contributed by atoms with Crippen LogP contribution in [0.1, 0.15) is 13.3 Å². The zero-order valence-electron chi connectivity index (χ0n) is 8.94. The maximum atomic E-state index is 11.4. The van der Waals surface area contributed by atoms with E-state index in [0.29, 0.717) is 13.0 Å². The maximum absolute atomic E-state index is 11.4. The van der Waals surface area contributed by atoms with Crippen LogP contribution in [0.3, 0.4) is 0 Å². The molecule has 0 amide bonds. The van der Waals surface area contributed by atoms with Crippen LogP contribution in [0, 0.1) is 0 Å². The molecular formula is C11H17NO2S. The van der Waals surface area contributed by atoms with E-state index in [-0.39, 0.29) is 11.5 Å². The van der Waals surface area contributed by atoms with E-state index in [4.69, 9.17) is 0 Å². The number of rotatable bonds is 6. The van der Waals surface area contributed by atoms with E-state index in [2.05, 4.69) is 5.32 Å². The van der Waals surface area contributed by atoms with Gasteiger partial charge in [-0.1, -0.05) is 25.1 Å². The quantitative estimate of drug-likeness (QED) is 0.807. The van der Waals surface area contributed by atoms with Crippen molar-refractivity contribution in [1.29, 1.82) is 0 Å². The summed E-state index contributed by atoms with van der Waals surface area (Å²) < 4.78 is 22.8. The first kappa shape index (κ1) is 12.0. The Morgan fingerprint density at radius 1 is 1.13 bits per heavy atom. The van der Waals surface area contributed by atoms with Gasteiger partial charge in [0.1, 0.15) is 0 Å². The summed E-state index contributed by atoms with van der Waals surface area (Å²) in [5, 5.41) is 3.08. The van der Waals surface area contributed by atoms with Crippen LogP contribution in [0.4, 0.5) is 5.69 Å². The summed E-state index contributed by atoms with van der Waals surface area (Å²) in [4.78, 5) is 0. The minimum atomic E-state index is -2.86. The Kier molecular flexibility index (Phi) is 4.62. The summed E-state index contributed by atoms with van der Waals surface area (Å²) in [5.74, 6) is 0.485. The van der Waals surface area contributed by atoms with Gasteiger partial charge in [-0.05, 0) is 18.6 Å². The van der Waals surface area contributed by atoms with Crippen molar-refractivity contribution in [3.63, 3.8) is 0 Å². The Morgan fingerprint density at radius 2 is 1.80 bits per heavy atom. The lowest BCUT2D eigenvalue weighted by Gasteiger charge is -2.06. The maximum Gasteiger partial charge on any atom is 0.152 e. The Bertz CT molecular complexity index is 373. The van der Waals surface area contributed by atoms with E-state index in [9.17, 15) is 8.42 Å². The molecule has 1 N–H and O–H groups in total. The van der Waals surface area contributed by atoms with Gasteiger partial charge in [0, 0.05) is 18.0 Å². The minimum absolute atomic E-state index is 0.204. The van der Waals surface area contributed by atoms with Crippen molar-refractivity contribution in [2.45, 2.75) is 13.3 Å². The van der Waals surface area contributed by atoms with Crippen molar-refractivity contribution in [2.75, 3.05) is 23.4 Å². The molecule has 4 heteroatoms. The van der Waals surface area contributed by atoms with Crippen molar-refractivity contribution < 1.29 is 8.42 Å². The second-order valence-electron chi connectivity index (χ2n) is 3.44. The highest BCUT2D eigenvalue weighted by molar-refractivity contribution is 7.91.